The lowest BCUT2D eigenvalue weighted by atomic mass is 9.99. The molecule has 4 nitrogen and oxygen atoms in total. The van der Waals surface area contributed by atoms with E-state index >= 15 is 0 Å². The van der Waals surface area contributed by atoms with E-state index in [4.69, 9.17) is 14.2 Å². The van der Waals surface area contributed by atoms with Crippen LogP contribution in [-0.4, -0.2) is 37.4 Å². The van der Waals surface area contributed by atoms with Gasteiger partial charge in [0.15, 0.2) is 11.5 Å². The predicted octanol–water partition coefficient (Wildman–Crippen LogP) is 4.23. The van der Waals surface area contributed by atoms with Crippen LogP contribution in [0.2, 0.25) is 0 Å². The predicted molar refractivity (Wildman–Crippen MR) is 91.4 cm³/mol. The van der Waals surface area contributed by atoms with Crippen LogP contribution < -0.4 is 14.2 Å². The lowest BCUT2D eigenvalue weighted by Crippen LogP contribution is -2.40. The summed E-state index contributed by atoms with van der Waals surface area (Å²) in [5.74, 6) is 2.48. The van der Waals surface area contributed by atoms with E-state index in [-0.39, 0.29) is 0 Å². The summed E-state index contributed by atoms with van der Waals surface area (Å²) < 4.78 is 16.7. The molecule has 1 aromatic carbocycles. The summed E-state index contributed by atoms with van der Waals surface area (Å²) >= 11 is 0. The second-order valence-electron chi connectivity index (χ2n) is 6.54. The van der Waals surface area contributed by atoms with Gasteiger partial charge in [-0.1, -0.05) is 26.2 Å². The van der Waals surface area contributed by atoms with Gasteiger partial charge in [-0.15, -0.1) is 0 Å². The maximum absolute atomic E-state index is 5.95. The molecule has 23 heavy (non-hydrogen) atoms. The number of nitrogens with zero attached hydrogens (tertiary/aromatic N) is 1. The van der Waals surface area contributed by atoms with Crippen molar-refractivity contribution >= 4 is 0 Å². The summed E-state index contributed by atoms with van der Waals surface area (Å²) in [5.41, 5.74) is 0. The lowest BCUT2D eigenvalue weighted by molar-refractivity contribution is 0.121. The number of ether oxygens (including phenoxy) is 3. The van der Waals surface area contributed by atoms with E-state index in [0.29, 0.717) is 12.8 Å². The van der Waals surface area contributed by atoms with Crippen LogP contribution in [0, 0.1) is 0 Å². The van der Waals surface area contributed by atoms with E-state index in [1.54, 1.807) is 0 Å². The van der Waals surface area contributed by atoms with Crippen molar-refractivity contribution in [2.75, 3.05) is 26.5 Å². The molecule has 1 unspecified atom stereocenters. The van der Waals surface area contributed by atoms with Crippen LogP contribution in [0.25, 0.3) is 0 Å². The van der Waals surface area contributed by atoms with Gasteiger partial charge in [-0.25, -0.2) is 0 Å². The molecule has 0 amide bonds. The van der Waals surface area contributed by atoms with Crippen molar-refractivity contribution in [3.05, 3.63) is 18.2 Å². The lowest BCUT2D eigenvalue weighted by Gasteiger charge is -2.35. The van der Waals surface area contributed by atoms with Crippen LogP contribution in [0.1, 0.15) is 51.9 Å². The summed E-state index contributed by atoms with van der Waals surface area (Å²) in [4.78, 5) is 2.68. The maximum atomic E-state index is 5.95. The van der Waals surface area contributed by atoms with Crippen LogP contribution in [0.5, 0.6) is 17.2 Å². The molecule has 1 saturated heterocycles. The first-order valence-corrected chi connectivity index (χ1v) is 9.13. The van der Waals surface area contributed by atoms with Crippen molar-refractivity contribution in [3.63, 3.8) is 0 Å². The van der Waals surface area contributed by atoms with Crippen molar-refractivity contribution in [3.8, 4) is 17.2 Å². The number of rotatable bonds is 8. The number of piperidine rings is 1. The molecule has 0 N–H and O–H groups in total. The van der Waals surface area contributed by atoms with Gasteiger partial charge in [-0.2, -0.15) is 0 Å². The highest BCUT2D eigenvalue weighted by atomic mass is 16.7. The zero-order chi connectivity index (χ0) is 15.9. The van der Waals surface area contributed by atoms with Crippen LogP contribution in [0.4, 0.5) is 0 Å². The molecule has 1 fully saturated rings. The standard InChI is InChI=1S/C19H29NO3/c1-2-3-5-11-20-12-6-4-7-16(20)10-13-21-17-8-9-18-19(14-17)23-15-22-18/h8-9,14,16H,2-7,10-13,15H2,1H3. The van der Waals surface area contributed by atoms with Crippen LogP contribution in [0.3, 0.4) is 0 Å². The monoisotopic (exact) mass is 319 g/mol. The Balaban J connectivity index is 1.44. The smallest absolute Gasteiger partial charge is 0.231 e. The van der Waals surface area contributed by atoms with Gasteiger partial charge >= 0.3 is 0 Å². The van der Waals surface area contributed by atoms with E-state index in [9.17, 15) is 0 Å². The van der Waals surface area contributed by atoms with E-state index in [1.165, 1.54) is 51.6 Å². The van der Waals surface area contributed by atoms with Gasteiger partial charge in [0.05, 0.1) is 6.61 Å². The van der Waals surface area contributed by atoms with Crippen molar-refractivity contribution < 1.29 is 14.2 Å². The zero-order valence-corrected chi connectivity index (χ0v) is 14.3. The van der Waals surface area contributed by atoms with Gasteiger partial charge in [0.25, 0.3) is 0 Å². The SMILES string of the molecule is CCCCCN1CCCCC1CCOc1ccc2c(c1)OCO2. The van der Waals surface area contributed by atoms with E-state index < -0.39 is 0 Å². The molecule has 4 heteroatoms. The third-order valence-electron chi connectivity index (χ3n) is 4.86. The molecule has 1 aromatic rings. The zero-order valence-electron chi connectivity index (χ0n) is 14.3. The minimum Gasteiger partial charge on any atom is -0.493 e. The van der Waals surface area contributed by atoms with Crippen LogP contribution >= 0.6 is 0 Å². The normalized spacial score (nSPS) is 20.7. The topological polar surface area (TPSA) is 30.9 Å². The highest BCUT2D eigenvalue weighted by Crippen LogP contribution is 2.35. The minimum atomic E-state index is 0.313. The molecular weight excluding hydrogens is 290 g/mol. The molecule has 0 saturated carbocycles. The molecular formula is C19H29NO3. The molecule has 0 aliphatic carbocycles. The molecule has 3 rings (SSSR count). The first-order chi connectivity index (χ1) is 11.4. The fraction of sp³-hybridized carbons (Fsp3) is 0.684. The molecule has 128 valence electrons. The van der Waals surface area contributed by atoms with Gasteiger partial charge in [-0.05, 0) is 50.9 Å². The third-order valence-corrected chi connectivity index (χ3v) is 4.86. The fourth-order valence-electron chi connectivity index (χ4n) is 3.53. The number of unbranched alkanes of at least 4 members (excludes halogenated alkanes) is 2. The van der Waals surface area contributed by atoms with Gasteiger partial charge in [0.1, 0.15) is 5.75 Å². The Hall–Kier alpha value is -1.42. The maximum Gasteiger partial charge on any atom is 0.231 e. The van der Waals surface area contributed by atoms with E-state index in [0.717, 1.165) is 30.3 Å². The van der Waals surface area contributed by atoms with Crippen LogP contribution in [-0.2, 0) is 0 Å². The third kappa shape index (κ3) is 4.54. The average Bonchev–Trinajstić information content (AvgIpc) is 3.04. The average molecular weight is 319 g/mol. The largest absolute Gasteiger partial charge is 0.493 e. The van der Waals surface area contributed by atoms with Crippen molar-refractivity contribution in [2.24, 2.45) is 0 Å². The number of fused-ring (bicyclic) bond motifs is 1. The molecule has 2 aliphatic heterocycles. The van der Waals surface area contributed by atoms with Crippen LogP contribution in [0.15, 0.2) is 18.2 Å². The fourth-order valence-corrected chi connectivity index (χ4v) is 3.53. The second kappa shape index (κ2) is 8.44. The van der Waals surface area contributed by atoms with Crippen molar-refractivity contribution in [1.82, 2.24) is 4.90 Å². The number of benzene rings is 1. The summed E-state index contributed by atoms with van der Waals surface area (Å²) in [6, 6.07) is 6.51. The summed E-state index contributed by atoms with van der Waals surface area (Å²) in [7, 11) is 0. The first kappa shape index (κ1) is 16.4. The molecule has 2 heterocycles. The molecule has 0 radical (unpaired) electrons. The highest BCUT2D eigenvalue weighted by molar-refractivity contribution is 5.46. The van der Waals surface area contributed by atoms with Crippen molar-refractivity contribution in [1.29, 1.82) is 0 Å². The minimum absolute atomic E-state index is 0.313. The Morgan fingerprint density at radius 3 is 3.00 bits per heavy atom. The van der Waals surface area contributed by atoms with Gasteiger partial charge in [-0.3, -0.25) is 0 Å². The molecule has 0 bridgehead atoms. The van der Waals surface area contributed by atoms with Gasteiger partial charge in [0.2, 0.25) is 6.79 Å². The van der Waals surface area contributed by atoms with E-state index in [1.807, 2.05) is 18.2 Å². The van der Waals surface area contributed by atoms with Gasteiger partial charge in [0, 0.05) is 12.1 Å². The quantitative estimate of drug-likeness (QED) is 0.671. The number of likely N-dealkylation sites (tertiary alicyclic amines) is 1. The number of hydrogen-bond acceptors (Lipinski definition) is 4. The Labute approximate surface area is 139 Å². The molecule has 2 aliphatic rings. The second-order valence-corrected chi connectivity index (χ2v) is 6.54. The molecule has 1 atom stereocenters. The Morgan fingerprint density at radius 2 is 2.09 bits per heavy atom. The first-order valence-electron chi connectivity index (χ1n) is 9.13. The Kier molecular flexibility index (Phi) is 6.03. The molecule has 0 spiro atoms. The summed E-state index contributed by atoms with van der Waals surface area (Å²) in [6.45, 7) is 5.87. The summed E-state index contributed by atoms with van der Waals surface area (Å²) in [6.07, 6.45) is 9.11. The Morgan fingerprint density at radius 1 is 1.17 bits per heavy atom. The molecule has 0 aromatic heterocycles. The van der Waals surface area contributed by atoms with Gasteiger partial charge < -0.3 is 19.1 Å². The number of hydrogen-bond donors (Lipinski definition) is 0. The Bertz CT molecular complexity index is 492. The summed E-state index contributed by atoms with van der Waals surface area (Å²) in [5, 5.41) is 0. The van der Waals surface area contributed by atoms with E-state index in [2.05, 4.69) is 11.8 Å². The van der Waals surface area contributed by atoms with Crippen molar-refractivity contribution in [2.45, 2.75) is 57.9 Å². The highest BCUT2D eigenvalue weighted by Gasteiger charge is 2.22.